The zero-order chi connectivity index (χ0) is 18.8. The van der Waals surface area contributed by atoms with Crippen molar-refractivity contribution in [3.8, 4) is 5.75 Å². The number of nitrogens with zero attached hydrogens (tertiary/aromatic N) is 3. The van der Waals surface area contributed by atoms with Crippen molar-refractivity contribution in [2.75, 3.05) is 5.32 Å². The molecule has 0 saturated heterocycles. The van der Waals surface area contributed by atoms with Crippen LogP contribution in [0.25, 0.3) is 4.96 Å². The molecule has 0 radical (unpaired) electrons. The van der Waals surface area contributed by atoms with Crippen LogP contribution < -0.4 is 15.6 Å². The summed E-state index contributed by atoms with van der Waals surface area (Å²) in [5.74, 6) is 0.277. The van der Waals surface area contributed by atoms with Crippen LogP contribution in [0.5, 0.6) is 5.75 Å². The van der Waals surface area contributed by atoms with Crippen LogP contribution in [0.2, 0.25) is 0 Å². The smallest absolute Gasteiger partial charge is 0.291 e. The maximum Gasteiger partial charge on any atom is 0.291 e. The number of fused-ring (bicyclic) bond motifs is 1. The van der Waals surface area contributed by atoms with Gasteiger partial charge in [0, 0.05) is 6.07 Å². The zero-order valence-electron chi connectivity index (χ0n) is 14.2. The van der Waals surface area contributed by atoms with Crippen molar-refractivity contribution in [3.63, 3.8) is 0 Å². The van der Waals surface area contributed by atoms with Gasteiger partial charge in [0.2, 0.25) is 4.96 Å². The number of nitrogens with one attached hydrogen (secondary N) is 1. The van der Waals surface area contributed by atoms with Crippen molar-refractivity contribution < 1.29 is 13.9 Å². The molecule has 136 valence electrons. The summed E-state index contributed by atoms with van der Waals surface area (Å²) >= 11 is 1.33. The number of aromatic nitrogens is 3. The third kappa shape index (κ3) is 3.58. The van der Waals surface area contributed by atoms with Gasteiger partial charge in [-0.2, -0.15) is 9.61 Å². The molecule has 27 heavy (non-hydrogen) atoms. The van der Waals surface area contributed by atoms with Crippen LogP contribution in [0.1, 0.15) is 21.3 Å². The predicted molar refractivity (Wildman–Crippen MR) is 99.3 cm³/mol. The number of amides is 1. The third-order valence-corrected chi connectivity index (χ3v) is 4.48. The van der Waals surface area contributed by atoms with Crippen LogP contribution in [-0.2, 0) is 6.61 Å². The minimum atomic E-state index is -0.381. The van der Waals surface area contributed by atoms with E-state index in [1.165, 1.54) is 28.2 Å². The maximum atomic E-state index is 12.2. The van der Waals surface area contributed by atoms with Crippen LogP contribution in [0, 0.1) is 6.92 Å². The summed E-state index contributed by atoms with van der Waals surface area (Å²) < 4.78 is 12.1. The number of hydrogen-bond donors (Lipinski definition) is 1. The lowest BCUT2D eigenvalue weighted by Gasteiger charge is -2.11. The van der Waals surface area contributed by atoms with Crippen LogP contribution in [0.3, 0.4) is 0 Å². The molecule has 4 rings (SSSR count). The van der Waals surface area contributed by atoms with Crippen molar-refractivity contribution in [1.29, 1.82) is 0 Å². The fourth-order valence-corrected chi connectivity index (χ4v) is 3.23. The van der Waals surface area contributed by atoms with Gasteiger partial charge in [-0.25, -0.2) is 4.98 Å². The molecule has 0 atom stereocenters. The number of carbonyl (C=O) groups excluding carboxylic acids is 1. The summed E-state index contributed by atoms with van der Waals surface area (Å²) in [7, 11) is 0. The van der Waals surface area contributed by atoms with Gasteiger partial charge in [-0.05, 0) is 31.2 Å². The topological polar surface area (TPSA) is 98.7 Å². The highest BCUT2D eigenvalue weighted by molar-refractivity contribution is 7.16. The molecule has 0 bridgehead atoms. The molecule has 0 spiro atoms. The van der Waals surface area contributed by atoms with E-state index in [2.05, 4.69) is 15.4 Å². The largest absolute Gasteiger partial charge is 0.485 e. The normalized spacial score (nSPS) is 10.9. The summed E-state index contributed by atoms with van der Waals surface area (Å²) in [6, 6.07) is 11.6. The molecule has 1 aromatic carbocycles. The minimum absolute atomic E-state index is 0.0797. The number of benzene rings is 1. The Morgan fingerprint density at radius 2 is 2.15 bits per heavy atom. The average Bonchev–Trinajstić information content (AvgIpc) is 3.30. The van der Waals surface area contributed by atoms with E-state index in [0.29, 0.717) is 22.1 Å². The lowest BCUT2D eigenvalue weighted by atomic mass is 10.3. The van der Waals surface area contributed by atoms with Gasteiger partial charge in [0.25, 0.3) is 11.5 Å². The second-order valence-electron chi connectivity index (χ2n) is 5.62. The standard InChI is InChI=1S/C18H14N4O4S/c1-11-21-22-16(23)9-12(19-18(22)27-11)10-26-14-6-3-2-5-13(14)20-17(24)15-7-4-8-25-15/h2-9H,10H2,1H3,(H,20,24). The Bertz CT molecular complexity index is 1160. The number of para-hydroxylation sites is 2. The van der Waals surface area contributed by atoms with Gasteiger partial charge < -0.3 is 14.5 Å². The van der Waals surface area contributed by atoms with Gasteiger partial charge in [-0.3, -0.25) is 9.59 Å². The molecule has 0 aliphatic carbocycles. The van der Waals surface area contributed by atoms with E-state index in [1.54, 1.807) is 36.4 Å². The Labute approximate surface area is 157 Å². The Hall–Kier alpha value is -3.46. The van der Waals surface area contributed by atoms with E-state index in [4.69, 9.17) is 9.15 Å². The van der Waals surface area contributed by atoms with E-state index in [0.717, 1.165) is 5.01 Å². The summed E-state index contributed by atoms with van der Waals surface area (Å²) in [5, 5.41) is 7.60. The number of aryl methyl sites for hydroxylation is 1. The maximum absolute atomic E-state index is 12.2. The van der Waals surface area contributed by atoms with E-state index >= 15 is 0 Å². The van der Waals surface area contributed by atoms with Crippen LogP contribution in [-0.4, -0.2) is 20.5 Å². The van der Waals surface area contributed by atoms with Gasteiger partial charge in [0.05, 0.1) is 17.6 Å². The SMILES string of the molecule is Cc1nn2c(=O)cc(COc3ccccc3NC(=O)c3ccco3)nc2s1. The molecule has 4 aromatic rings. The first kappa shape index (κ1) is 17.0. The fourth-order valence-electron chi connectivity index (χ4n) is 2.46. The van der Waals surface area contributed by atoms with Gasteiger partial charge >= 0.3 is 0 Å². The third-order valence-electron chi connectivity index (χ3n) is 3.65. The summed E-state index contributed by atoms with van der Waals surface area (Å²) in [5.41, 5.74) is 0.712. The predicted octanol–water partition coefficient (Wildman–Crippen LogP) is 2.88. The molecule has 9 heteroatoms. The van der Waals surface area contributed by atoms with Gasteiger partial charge in [-0.15, -0.1) is 0 Å². The molecule has 0 unspecified atom stereocenters. The lowest BCUT2D eigenvalue weighted by molar-refractivity contribution is 0.0996. The average molecular weight is 382 g/mol. The molecular formula is C18H14N4O4S. The summed E-state index contributed by atoms with van der Waals surface area (Å²) in [6.07, 6.45) is 1.43. The second kappa shape index (κ2) is 7.04. The molecule has 0 aliphatic rings. The number of carbonyl (C=O) groups is 1. The first-order valence-electron chi connectivity index (χ1n) is 8.03. The molecule has 3 aromatic heterocycles. The molecule has 3 heterocycles. The zero-order valence-corrected chi connectivity index (χ0v) is 15.0. The highest BCUT2D eigenvalue weighted by atomic mass is 32.1. The van der Waals surface area contributed by atoms with E-state index < -0.39 is 0 Å². The van der Waals surface area contributed by atoms with Crippen molar-refractivity contribution in [3.05, 3.63) is 75.5 Å². The number of furan rings is 1. The van der Waals surface area contributed by atoms with Gasteiger partial charge in [0.15, 0.2) is 5.76 Å². The quantitative estimate of drug-likeness (QED) is 0.570. The van der Waals surface area contributed by atoms with Crippen LogP contribution >= 0.6 is 11.3 Å². The molecule has 1 amide bonds. The van der Waals surface area contributed by atoms with Crippen molar-refractivity contribution in [2.24, 2.45) is 0 Å². The highest BCUT2D eigenvalue weighted by Crippen LogP contribution is 2.25. The van der Waals surface area contributed by atoms with Crippen molar-refractivity contribution in [1.82, 2.24) is 14.6 Å². The van der Waals surface area contributed by atoms with Crippen LogP contribution in [0.15, 0.2) is 57.9 Å². The van der Waals surface area contributed by atoms with Crippen LogP contribution in [0.4, 0.5) is 5.69 Å². The monoisotopic (exact) mass is 382 g/mol. The number of hydrogen-bond acceptors (Lipinski definition) is 7. The lowest BCUT2D eigenvalue weighted by Crippen LogP contribution is -2.16. The Balaban J connectivity index is 1.53. The highest BCUT2D eigenvalue weighted by Gasteiger charge is 2.13. The van der Waals surface area contributed by atoms with Crippen molar-refractivity contribution >= 4 is 27.9 Å². The summed E-state index contributed by atoms with van der Waals surface area (Å²) in [6.45, 7) is 1.89. The second-order valence-corrected chi connectivity index (χ2v) is 6.78. The van der Waals surface area contributed by atoms with Gasteiger partial charge in [-0.1, -0.05) is 23.5 Å². The van der Waals surface area contributed by atoms with E-state index in [1.807, 2.05) is 6.92 Å². The van der Waals surface area contributed by atoms with Crippen molar-refractivity contribution in [2.45, 2.75) is 13.5 Å². The van der Waals surface area contributed by atoms with Gasteiger partial charge in [0.1, 0.15) is 17.4 Å². The Morgan fingerprint density at radius 1 is 1.30 bits per heavy atom. The minimum Gasteiger partial charge on any atom is -0.485 e. The summed E-state index contributed by atoms with van der Waals surface area (Å²) in [4.78, 5) is 29.2. The number of anilines is 1. The molecular weight excluding hydrogens is 368 g/mol. The molecule has 8 nitrogen and oxygen atoms in total. The molecule has 0 fully saturated rings. The fraction of sp³-hybridized carbons (Fsp3) is 0.111. The molecule has 1 N–H and O–H groups in total. The Morgan fingerprint density at radius 3 is 2.96 bits per heavy atom. The number of rotatable bonds is 5. The van der Waals surface area contributed by atoms with E-state index in [-0.39, 0.29) is 23.8 Å². The first-order chi connectivity index (χ1) is 13.1. The number of ether oxygens (including phenoxy) is 1. The first-order valence-corrected chi connectivity index (χ1v) is 8.85. The Kier molecular flexibility index (Phi) is 4.43. The molecule has 0 saturated carbocycles. The van der Waals surface area contributed by atoms with E-state index in [9.17, 15) is 9.59 Å². The molecule has 0 aliphatic heterocycles.